The van der Waals surface area contributed by atoms with E-state index in [1.54, 1.807) is 31.4 Å². The Balaban J connectivity index is 1.83. The predicted molar refractivity (Wildman–Crippen MR) is 104 cm³/mol. The van der Waals surface area contributed by atoms with Gasteiger partial charge in [0.25, 0.3) is 0 Å². The number of amides is 2. The largest absolute Gasteiger partial charge is 0.497 e. The van der Waals surface area contributed by atoms with E-state index in [4.69, 9.17) is 10.00 Å². The minimum absolute atomic E-state index is 0.113. The predicted octanol–water partition coefficient (Wildman–Crippen LogP) is 2.67. The minimum atomic E-state index is -0.149. The molecule has 0 radical (unpaired) electrons. The Bertz CT molecular complexity index is 825. The fourth-order valence-corrected chi connectivity index (χ4v) is 2.66. The molecule has 0 spiro atoms. The number of hydrogen-bond donors (Lipinski definition) is 1. The third kappa shape index (κ3) is 6.15. The van der Waals surface area contributed by atoms with Crippen LogP contribution in [0.4, 0.5) is 5.69 Å². The third-order valence-corrected chi connectivity index (χ3v) is 4.12. The standard InChI is InChI=1S/C21H23N3O3/c1-16(25)24(19-8-6-18(15-22)7-9-19)13-11-21(26)23-12-10-17-4-3-5-20(14-17)27-2/h3-9,14H,10-13H2,1-2H3,(H,23,26). The minimum Gasteiger partial charge on any atom is -0.497 e. The maximum absolute atomic E-state index is 12.1. The summed E-state index contributed by atoms with van der Waals surface area (Å²) >= 11 is 0. The van der Waals surface area contributed by atoms with Crippen molar-refractivity contribution in [1.82, 2.24) is 5.32 Å². The van der Waals surface area contributed by atoms with Gasteiger partial charge in [-0.25, -0.2) is 0 Å². The first-order chi connectivity index (χ1) is 13.0. The van der Waals surface area contributed by atoms with Crippen molar-refractivity contribution in [1.29, 1.82) is 5.26 Å². The van der Waals surface area contributed by atoms with Gasteiger partial charge < -0.3 is 15.0 Å². The van der Waals surface area contributed by atoms with Gasteiger partial charge >= 0.3 is 0 Å². The van der Waals surface area contributed by atoms with E-state index in [0.717, 1.165) is 11.3 Å². The van der Waals surface area contributed by atoms with Crippen molar-refractivity contribution in [3.8, 4) is 11.8 Å². The van der Waals surface area contributed by atoms with Crippen molar-refractivity contribution in [2.24, 2.45) is 0 Å². The lowest BCUT2D eigenvalue weighted by Gasteiger charge is -2.21. The monoisotopic (exact) mass is 365 g/mol. The average molecular weight is 365 g/mol. The van der Waals surface area contributed by atoms with Crippen molar-refractivity contribution in [3.63, 3.8) is 0 Å². The van der Waals surface area contributed by atoms with Crippen LogP contribution in [0, 0.1) is 11.3 Å². The Morgan fingerprint density at radius 3 is 2.56 bits per heavy atom. The highest BCUT2D eigenvalue weighted by Crippen LogP contribution is 2.16. The molecule has 0 saturated carbocycles. The van der Waals surface area contributed by atoms with Gasteiger partial charge in [0.15, 0.2) is 0 Å². The van der Waals surface area contributed by atoms with Gasteiger partial charge in [-0.3, -0.25) is 9.59 Å². The molecule has 2 aromatic carbocycles. The summed E-state index contributed by atoms with van der Waals surface area (Å²) in [5.41, 5.74) is 2.28. The van der Waals surface area contributed by atoms with Crippen molar-refractivity contribution >= 4 is 17.5 Å². The Hall–Kier alpha value is -3.33. The molecule has 6 heteroatoms. The molecule has 0 aliphatic carbocycles. The lowest BCUT2D eigenvalue weighted by Crippen LogP contribution is -2.34. The number of carbonyl (C=O) groups excluding carboxylic acids is 2. The highest BCUT2D eigenvalue weighted by Gasteiger charge is 2.13. The summed E-state index contributed by atoms with van der Waals surface area (Å²) in [5, 5.41) is 11.7. The fraction of sp³-hybridized carbons (Fsp3) is 0.286. The van der Waals surface area contributed by atoms with Crippen LogP contribution in [0.25, 0.3) is 0 Å². The molecule has 27 heavy (non-hydrogen) atoms. The summed E-state index contributed by atoms with van der Waals surface area (Å²) in [7, 11) is 1.62. The van der Waals surface area contributed by atoms with Crippen LogP contribution >= 0.6 is 0 Å². The van der Waals surface area contributed by atoms with E-state index in [1.165, 1.54) is 11.8 Å². The van der Waals surface area contributed by atoms with Crippen molar-refractivity contribution in [3.05, 3.63) is 59.7 Å². The first-order valence-electron chi connectivity index (χ1n) is 8.71. The number of carbonyl (C=O) groups is 2. The van der Waals surface area contributed by atoms with E-state index in [-0.39, 0.29) is 24.8 Å². The second-order valence-corrected chi connectivity index (χ2v) is 6.03. The maximum Gasteiger partial charge on any atom is 0.223 e. The van der Waals surface area contributed by atoms with Gasteiger partial charge in [0.2, 0.25) is 11.8 Å². The lowest BCUT2D eigenvalue weighted by molar-refractivity contribution is -0.121. The molecule has 2 aromatic rings. The molecule has 0 aromatic heterocycles. The molecule has 1 N–H and O–H groups in total. The zero-order valence-electron chi connectivity index (χ0n) is 15.6. The van der Waals surface area contributed by atoms with E-state index in [2.05, 4.69) is 5.32 Å². The van der Waals surface area contributed by atoms with Gasteiger partial charge in [-0.05, 0) is 48.4 Å². The number of benzene rings is 2. The van der Waals surface area contributed by atoms with E-state index >= 15 is 0 Å². The van der Waals surface area contributed by atoms with Gasteiger partial charge in [0.05, 0.1) is 18.7 Å². The molecule has 0 aliphatic rings. The van der Waals surface area contributed by atoms with Crippen molar-refractivity contribution in [2.75, 3.05) is 25.1 Å². The van der Waals surface area contributed by atoms with Crippen molar-refractivity contribution < 1.29 is 14.3 Å². The quantitative estimate of drug-likeness (QED) is 0.780. The zero-order valence-corrected chi connectivity index (χ0v) is 15.6. The third-order valence-electron chi connectivity index (χ3n) is 4.12. The average Bonchev–Trinajstić information content (AvgIpc) is 2.68. The van der Waals surface area contributed by atoms with Crippen LogP contribution < -0.4 is 15.0 Å². The Morgan fingerprint density at radius 2 is 1.93 bits per heavy atom. The zero-order chi connectivity index (χ0) is 19.6. The second kappa shape index (κ2) is 9.97. The van der Waals surface area contributed by atoms with Gasteiger partial charge in [-0.1, -0.05) is 12.1 Å². The maximum atomic E-state index is 12.1. The van der Waals surface area contributed by atoms with E-state index in [1.807, 2.05) is 30.3 Å². The van der Waals surface area contributed by atoms with E-state index in [9.17, 15) is 9.59 Å². The first kappa shape index (κ1) is 20.0. The summed E-state index contributed by atoms with van der Waals surface area (Å²) in [4.78, 5) is 25.5. The Labute approximate surface area is 159 Å². The molecule has 0 saturated heterocycles. The Kier molecular flexibility index (Phi) is 7.38. The SMILES string of the molecule is COc1cccc(CCNC(=O)CCN(C(C)=O)c2ccc(C#N)cc2)c1. The summed E-state index contributed by atoms with van der Waals surface area (Å²) in [6.45, 7) is 2.26. The topological polar surface area (TPSA) is 82.4 Å². The number of nitrogens with one attached hydrogen (secondary N) is 1. The van der Waals surface area contributed by atoms with Gasteiger partial charge in [0, 0.05) is 32.1 Å². The van der Waals surface area contributed by atoms with Crippen LogP contribution in [0.2, 0.25) is 0 Å². The van der Waals surface area contributed by atoms with Crippen LogP contribution in [-0.4, -0.2) is 32.0 Å². The summed E-state index contributed by atoms with van der Waals surface area (Å²) in [6, 6.07) is 16.5. The molecule has 0 bridgehead atoms. The van der Waals surface area contributed by atoms with Gasteiger partial charge in [-0.15, -0.1) is 0 Å². The highest BCUT2D eigenvalue weighted by molar-refractivity contribution is 5.92. The van der Waals surface area contributed by atoms with E-state index < -0.39 is 0 Å². The molecule has 0 fully saturated rings. The Morgan fingerprint density at radius 1 is 1.19 bits per heavy atom. The van der Waals surface area contributed by atoms with Crippen molar-refractivity contribution in [2.45, 2.75) is 19.8 Å². The smallest absolute Gasteiger partial charge is 0.223 e. The molecule has 0 unspecified atom stereocenters. The summed E-state index contributed by atoms with van der Waals surface area (Å²) in [5.74, 6) is 0.528. The van der Waals surface area contributed by atoms with Crippen LogP contribution in [0.5, 0.6) is 5.75 Å². The number of nitrogens with zero attached hydrogens (tertiary/aromatic N) is 2. The molecule has 6 nitrogen and oxygen atoms in total. The highest BCUT2D eigenvalue weighted by atomic mass is 16.5. The fourth-order valence-electron chi connectivity index (χ4n) is 2.66. The molecule has 0 aliphatic heterocycles. The van der Waals surface area contributed by atoms with Crippen LogP contribution in [0.15, 0.2) is 48.5 Å². The second-order valence-electron chi connectivity index (χ2n) is 6.03. The number of nitriles is 1. The summed E-state index contributed by atoms with van der Waals surface area (Å²) < 4.78 is 5.18. The number of hydrogen-bond acceptors (Lipinski definition) is 4. The summed E-state index contributed by atoms with van der Waals surface area (Å²) in [6.07, 6.45) is 0.909. The normalized spacial score (nSPS) is 9.96. The molecule has 0 heterocycles. The van der Waals surface area contributed by atoms with Crippen LogP contribution in [0.1, 0.15) is 24.5 Å². The molecule has 140 valence electrons. The molecule has 2 rings (SSSR count). The van der Waals surface area contributed by atoms with Crippen LogP contribution in [0.3, 0.4) is 0 Å². The van der Waals surface area contributed by atoms with Gasteiger partial charge in [-0.2, -0.15) is 5.26 Å². The molecular formula is C21H23N3O3. The van der Waals surface area contributed by atoms with E-state index in [0.29, 0.717) is 24.2 Å². The number of methoxy groups -OCH3 is 1. The number of ether oxygens (including phenoxy) is 1. The van der Waals surface area contributed by atoms with Crippen LogP contribution in [-0.2, 0) is 16.0 Å². The number of rotatable bonds is 8. The lowest BCUT2D eigenvalue weighted by atomic mass is 10.1. The number of anilines is 1. The molecular weight excluding hydrogens is 342 g/mol. The van der Waals surface area contributed by atoms with Gasteiger partial charge in [0.1, 0.15) is 5.75 Å². The first-order valence-corrected chi connectivity index (χ1v) is 8.71. The molecule has 2 amide bonds. The molecule has 0 atom stereocenters.